The molecule has 0 heterocycles. The van der Waals surface area contributed by atoms with Crippen molar-refractivity contribution in [1.29, 1.82) is 0 Å². The minimum atomic E-state index is -1.92. The van der Waals surface area contributed by atoms with Crippen molar-refractivity contribution in [3.05, 3.63) is 0 Å². The molecular formula is C7H22O3Si3. The molecule has 0 rings (SSSR count). The van der Waals surface area contributed by atoms with Gasteiger partial charge in [0.1, 0.15) is 0 Å². The molecule has 0 aliphatic rings. The predicted octanol–water partition coefficient (Wildman–Crippen LogP) is 2.05. The third-order valence-electron chi connectivity index (χ3n) is 1.50. The highest BCUT2D eigenvalue weighted by atomic mass is 28.5. The monoisotopic (exact) mass is 238 g/mol. The van der Waals surface area contributed by atoms with Crippen LogP contribution in [0.2, 0.25) is 39.3 Å². The molecule has 80 valence electrons. The van der Waals surface area contributed by atoms with E-state index in [9.17, 15) is 0 Å². The molecule has 0 fully saturated rings. The van der Waals surface area contributed by atoms with Crippen LogP contribution in [0.25, 0.3) is 0 Å². The smallest absolute Gasteiger partial charge is 0.322 e. The summed E-state index contributed by atoms with van der Waals surface area (Å²) in [5, 5.41) is 0. The molecule has 0 radical (unpaired) electrons. The molecule has 0 aromatic carbocycles. The van der Waals surface area contributed by atoms with E-state index in [4.69, 9.17) is 12.7 Å². The van der Waals surface area contributed by atoms with Crippen molar-refractivity contribution in [2.45, 2.75) is 39.3 Å². The van der Waals surface area contributed by atoms with Crippen molar-refractivity contribution < 1.29 is 12.7 Å². The number of hydrogen-bond donors (Lipinski definition) is 0. The molecular weight excluding hydrogens is 216 g/mol. The van der Waals surface area contributed by atoms with Gasteiger partial charge in [0.25, 0.3) is 0 Å². The van der Waals surface area contributed by atoms with Crippen LogP contribution in [0.5, 0.6) is 0 Å². The van der Waals surface area contributed by atoms with Crippen molar-refractivity contribution in [1.82, 2.24) is 0 Å². The Morgan fingerprint density at radius 3 is 1.69 bits per heavy atom. The van der Waals surface area contributed by atoms with Crippen LogP contribution in [0.1, 0.15) is 0 Å². The van der Waals surface area contributed by atoms with Gasteiger partial charge in [0.05, 0.1) is 0 Å². The zero-order chi connectivity index (χ0) is 10.7. The summed E-state index contributed by atoms with van der Waals surface area (Å²) in [4.78, 5) is 0. The maximum atomic E-state index is 5.95. The summed E-state index contributed by atoms with van der Waals surface area (Å²) < 4.78 is 17.2. The van der Waals surface area contributed by atoms with Gasteiger partial charge in [-0.3, -0.25) is 0 Å². The van der Waals surface area contributed by atoms with Crippen molar-refractivity contribution in [3.8, 4) is 0 Å². The van der Waals surface area contributed by atoms with Crippen LogP contribution in [0.4, 0.5) is 0 Å². The zero-order valence-corrected chi connectivity index (χ0v) is 13.0. The Balaban J connectivity index is 4.16. The Morgan fingerprint density at radius 2 is 1.38 bits per heavy atom. The van der Waals surface area contributed by atoms with Crippen LogP contribution in [0, 0.1) is 0 Å². The SMILES string of the molecule is CO[Si](C)(C)O[Si](C)(C)O[SiH](C)C. The van der Waals surface area contributed by atoms with Gasteiger partial charge in [0.2, 0.25) is 0 Å². The summed E-state index contributed by atoms with van der Waals surface area (Å²) in [5.74, 6) is 0. The first-order valence-electron chi connectivity index (χ1n) is 4.62. The maximum Gasteiger partial charge on any atom is 0.322 e. The molecule has 0 aliphatic heterocycles. The highest BCUT2D eigenvalue weighted by Crippen LogP contribution is 2.16. The van der Waals surface area contributed by atoms with Gasteiger partial charge in [-0.2, -0.15) is 0 Å². The van der Waals surface area contributed by atoms with Gasteiger partial charge in [-0.1, -0.05) is 0 Å². The van der Waals surface area contributed by atoms with Crippen molar-refractivity contribution in [2.75, 3.05) is 7.11 Å². The van der Waals surface area contributed by atoms with Gasteiger partial charge in [0.15, 0.2) is 9.04 Å². The molecule has 0 amide bonds. The van der Waals surface area contributed by atoms with Crippen LogP contribution in [0.3, 0.4) is 0 Å². The van der Waals surface area contributed by atoms with Crippen molar-refractivity contribution in [3.63, 3.8) is 0 Å². The molecule has 0 aliphatic carbocycles. The normalized spacial score (nSPS) is 13.8. The van der Waals surface area contributed by atoms with Gasteiger partial charge in [-0.15, -0.1) is 0 Å². The van der Waals surface area contributed by atoms with Crippen molar-refractivity contribution >= 4 is 26.2 Å². The summed E-state index contributed by atoms with van der Waals surface area (Å²) in [6.45, 7) is 12.6. The lowest BCUT2D eigenvalue weighted by Gasteiger charge is -2.33. The van der Waals surface area contributed by atoms with E-state index in [0.717, 1.165) is 0 Å². The molecule has 0 saturated heterocycles. The average molecular weight is 239 g/mol. The van der Waals surface area contributed by atoms with E-state index in [1.807, 2.05) is 13.1 Å². The molecule has 0 aromatic heterocycles. The lowest BCUT2D eigenvalue weighted by atomic mass is 11.8. The average Bonchev–Trinajstić information content (AvgIpc) is 1.81. The molecule has 3 nitrogen and oxygen atoms in total. The number of hydrogen-bond acceptors (Lipinski definition) is 3. The largest absolute Gasteiger partial charge is 0.440 e. The molecule has 0 N–H and O–H groups in total. The van der Waals surface area contributed by atoms with Gasteiger partial charge < -0.3 is 12.7 Å². The first kappa shape index (κ1) is 13.5. The third-order valence-corrected chi connectivity index (χ3v) is 10.6. The first-order valence-corrected chi connectivity index (χ1v) is 13.0. The Kier molecular flexibility index (Phi) is 5.05. The summed E-state index contributed by atoms with van der Waals surface area (Å²) in [6.07, 6.45) is 0. The summed E-state index contributed by atoms with van der Waals surface area (Å²) in [6, 6.07) is 0. The summed E-state index contributed by atoms with van der Waals surface area (Å²) in [5.41, 5.74) is 0. The van der Waals surface area contributed by atoms with Gasteiger partial charge >= 0.3 is 17.1 Å². The molecule has 0 unspecified atom stereocenters. The lowest BCUT2D eigenvalue weighted by molar-refractivity contribution is 0.282. The fourth-order valence-electron chi connectivity index (χ4n) is 1.23. The van der Waals surface area contributed by atoms with E-state index in [1.165, 1.54) is 0 Å². The summed E-state index contributed by atoms with van der Waals surface area (Å²) in [7, 11) is -3.13. The standard InChI is InChI=1S/C7H22O3Si3/c1-8-12(4,5)10-13(6,7)9-11(2)3/h11H,1-7H3. The van der Waals surface area contributed by atoms with E-state index in [0.29, 0.717) is 0 Å². The first-order chi connectivity index (χ1) is 5.68. The van der Waals surface area contributed by atoms with E-state index in [-0.39, 0.29) is 0 Å². The zero-order valence-electron chi connectivity index (χ0n) is 9.80. The minimum absolute atomic E-state index is 0.993. The van der Waals surface area contributed by atoms with Crippen LogP contribution >= 0.6 is 0 Å². The third kappa shape index (κ3) is 6.58. The fourth-order valence-corrected chi connectivity index (χ4v) is 11.5. The minimum Gasteiger partial charge on any atom is -0.440 e. The molecule has 0 atom stereocenters. The van der Waals surface area contributed by atoms with Crippen LogP contribution in [0.15, 0.2) is 0 Å². The Bertz CT molecular complexity index is 159. The molecule has 0 saturated carbocycles. The van der Waals surface area contributed by atoms with E-state index < -0.39 is 26.2 Å². The van der Waals surface area contributed by atoms with E-state index in [1.54, 1.807) is 7.11 Å². The summed E-state index contributed by atoms with van der Waals surface area (Å²) >= 11 is 0. The van der Waals surface area contributed by atoms with Crippen molar-refractivity contribution in [2.24, 2.45) is 0 Å². The van der Waals surface area contributed by atoms with Gasteiger partial charge in [-0.25, -0.2) is 0 Å². The topological polar surface area (TPSA) is 27.7 Å². The Labute approximate surface area is 85.6 Å². The van der Waals surface area contributed by atoms with Gasteiger partial charge in [-0.05, 0) is 39.3 Å². The highest BCUT2D eigenvalue weighted by Gasteiger charge is 2.35. The van der Waals surface area contributed by atoms with Crippen LogP contribution in [-0.2, 0) is 12.7 Å². The molecule has 0 aromatic rings. The molecule has 6 heteroatoms. The van der Waals surface area contributed by atoms with Crippen LogP contribution < -0.4 is 0 Å². The number of rotatable bonds is 5. The Morgan fingerprint density at radius 1 is 0.923 bits per heavy atom. The highest BCUT2D eigenvalue weighted by molar-refractivity contribution is 6.81. The predicted molar refractivity (Wildman–Crippen MR) is 63.0 cm³/mol. The Hall–Kier alpha value is 0.531. The second kappa shape index (κ2) is 4.85. The van der Waals surface area contributed by atoms with E-state index >= 15 is 0 Å². The van der Waals surface area contributed by atoms with E-state index in [2.05, 4.69) is 26.2 Å². The quantitative estimate of drug-likeness (QED) is 0.686. The molecule has 0 bridgehead atoms. The van der Waals surface area contributed by atoms with Gasteiger partial charge in [0, 0.05) is 7.11 Å². The molecule has 0 spiro atoms. The van der Waals surface area contributed by atoms with Crippen LogP contribution in [-0.4, -0.2) is 33.3 Å². The molecule has 13 heavy (non-hydrogen) atoms. The second-order valence-electron chi connectivity index (χ2n) is 4.27. The maximum absolute atomic E-state index is 5.95. The second-order valence-corrected chi connectivity index (χ2v) is 14.1. The lowest BCUT2D eigenvalue weighted by Crippen LogP contribution is -2.49. The fraction of sp³-hybridized carbons (Fsp3) is 1.00.